The van der Waals surface area contributed by atoms with Crippen LogP contribution in [0.3, 0.4) is 0 Å². The Labute approximate surface area is 182 Å². The van der Waals surface area contributed by atoms with Gasteiger partial charge in [-0.05, 0) is 50.0 Å². The second kappa shape index (κ2) is 11.2. The van der Waals surface area contributed by atoms with Crippen molar-refractivity contribution in [3.05, 3.63) is 59.4 Å². The monoisotopic (exact) mass is 453 g/mol. The lowest BCUT2D eigenvalue weighted by molar-refractivity contribution is 0.0941. The number of amides is 1. The average Bonchev–Trinajstić information content (AvgIpc) is 2.73. The molecule has 0 heterocycles. The molecule has 1 unspecified atom stereocenters. The third-order valence-corrected chi connectivity index (χ3v) is 6.11. The molecular weight excluding hydrogens is 425 g/mol. The van der Waals surface area contributed by atoms with Crippen molar-refractivity contribution in [2.24, 2.45) is 0 Å². The number of likely N-dealkylation sites (N-methyl/N-ethyl adjacent to an activating group) is 1. The minimum atomic E-state index is -3.91. The fourth-order valence-corrected chi connectivity index (χ4v) is 4.19. The van der Waals surface area contributed by atoms with Crippen LogP contribution in [0.4, 0.5) is 4.39 Å². The zero-order valence-corrected chi connectivity index (χ0v) is 18.8. The molecule has 0 spiro atoms. The van der Waals surface area contributed by atoms with Crippen LogP contribution in [0.2, 0.25) is 0 Å². The summed E-state index contributed by atoms with van der Waals surface area (Å²) < 4.78 is 51.2. The van der Waals surface area contributed by atoms with Crippen LogP contribution >= 0.6 is 0 Å². The van der Waals surface area contributed by atoms with E-state index in [2.05, 4.69) is 10.0 Å². The van der Waals surface area contributed by atoms with Crippen LogP contribution in [0.15, 0.2) is 47.4 Å². The van der Waals surface area contributed by atoms with Gasteiger partial charge in [0.25, 0.3) is 5.91 Å². The normalized spacial score (nSPS) is 12.6. The zero-order chi connectivity index (χ0) is 23.0. The van der Waals surface area contributed by atoms with E-state index in [9.17, 15) is 17.6 Å². The van der Waals surface area contributed by atoms with Crippen molar-refractivity contribution in [1.29, 1.82) is 0 Å². The first kappa shape index (κ1) is 24.7. The zero-order valence-electron chi connectivity index (χ0n) is 18.0. The van der Waals surface area contributed by atoms with Gasteiger partial charge >= 0.3 is 0 Å². The Bertz CT molecular complexity index is 998. The Hall–Kier alpha value is -2.53. The molecule has 0 radical (unpaired) electrons. The van der Waals surface area contributed by atoms with Gasteiger partial charge < -0.3 is 19.7 Å². The molecule has 1 amide bonds. The first-order valence-electron chi connectivity index (χ1n) is 9.56. The van der Waals surface area contributed by atoms with Gasteiger partial charge in [0, 0.05) is 25.8 Å². The standard InChI is InChI=1S/C21H28FN3O5S/c1-25(2)18(15-6-5-7-17(22)12-15)14-23-21(26)16-8-9-19(30-4)20(13-16)31(27,28)24-10-11-29-3/h5-9,12-13,18,24H,10-11,14H2,1-4H3,(H,23,26). The smallest absolute Gasteiger partial charge is 0.251 e. The molecule has 0 aliphatic rings. The number of nitrogens with zero attached hydrogens (tertiary/aromatic N) is 1. The molecule has 2 rings (SSSR count). The van der Waals surface area contributed by atoms with Crippen molar-refractivity contribution in [3.63, 3.8) is 0 Å². The van der Waals surface area contributed by atoms with Gasteiger partial charge in [-0.2, -0.15) is 0 Å². The molecular formula is C21H28FN3O5S. The Morgan fingerprint density at radius 2 is 1.90 bits per heavy atom. The summed E-state index contributed by atoms with van der Waals surface area (Å²) in [4.78, 5) is 14.4. The number of carbonyl (C=O) groups is 1. The highest BCUT2D eigenvalue weighted by molar-refractivity contribution is 7.89. The van der Waals surface area contributed by atoms with Crippen molar-refractivity contribution < 1.29 is 27.1 Å². The molecule has 1 atom stereocenters. The molecule has 0 saturated carbocycles. The van der Waals surface area contributed by atoms with Crippen molar-refractivity contribution in [3.8, 4) is 5.75 Å². The molecule has 0 aliphatic heterocycles. The summed E-state index contributed by atoms with van der Waals surface area (Å²) in [7, 11) is 2.56. The van der Waals surface area contributed by atoms with Gasteiger partial charge in [-0.15, -0.1) is 0 Å². The molecule has 0 bridgehead atoms. The summed E-state index contributed by atoms with van der Waals surface area (Å²) in [6.45, 7) is 0.486. The van der Waals surface area contributed by atoms with Gasteiger partial charge in [-0.3, -0.25) is 4.79 Å². The minimum absolute atomic E-state index is 0.0799. The topological polar surface area (TPSA) is 97.0 Å². The van der Waals surface area contributed by atoms with E-state index in [1.165, 1.54) is 44.6 Å². The maximum atomic E-state index is 13.6. The summed E-state index contributed by atoms with van der Waals surface area (Å²) in [5.74, 6) is -0.701. The highest BCUT2D eigenvalue weighted by atomic mass is 32.2. The van der Waals surface area contributed by atoms with Gasteiger partial charge in [-0.1, -0.05) is 12.1 Å². The summed E-state index contributed by atoms with van der Waals surface area (Å²) in [6.07, 6.45) is 0. The number of ether oxygens (including phenoxy) is 2. The number of halogens is 1. The maximum Gasteiger partial charge on any atom is 0.251 e. The van der Waals surface area contributed by atoms with Gasteiger partial charge in [0.15, 0.2) is 0 Å². The van der Waals surface area contributed by atoms with Gasteiger partial charge in [-0.25, -0.2) is 17.5 Å². The van der Waals surface area contributed by atoms with E-state index in [0.717, 1.165) is 0 Å². The lowest BCUT2D eigenvalue weighted by Crippen LogP contribution is -2.34. The molecule has 31 heavy (non-hydrogen) atoms. The molecule has 0 fully saturated rings. The van der Waals surface area contributed by atoms with E-state index >= 15 is 0 Å². The van der Waals surface area contributed by atoms with Crippen molar-refractivity contribution in [2.45, 2.75) is 10.9 Å². The third-order valence-electron chi connectivity index (χ3n) is 4.63. The van der Waals surface area contributed by atoms with Gasteiger partial charge in [0.2, 0.25) is 10.0 Å². The lowest BCUT2D eigenvalue weighted by atomic mass is 10.1. The SMILES string of the molecule is COCCNS(=O)(=O)c1cc(C(=O)NCC(c2cccc(F)c2)N(C)C)ccc1OC. The van der Waals surface area contributed by atoms with E-state index in [1.807, 2.05) is 19.0 Å². The van der Waals surface area contributed by atoms with Crippen LogP contribution in [0, 0.1) is 5.82 Å². The molecule has 2 aromatic rings. The summed E-state index contributed by atoms with van der Waals surface area (Å²) in [5.41, 5.74) is 0.871. The van der Waals surface area contributed by atoms with Crippen LogP contribution in [0.5, 0.6) is 5.75 Å². The largest absolute Gasteiger partial charge is 0.495 e. The van der Waals surface area contributed by atoms with Gasteiger partial charge in [0.1, 0.15) is 16.5 Å². The van der Waals surface area contributed by atoms with Crippen LogP contribution in [0.1, 0.15) is 22.0 Å². The lowest BCUT2D eigenvalue weighted by Gasteiger charge is -2.25. The minimum Gasteiger partial charge on any atom is -0.495 e. The number of sulfonamides is 1. The highest BCUT2D eigenvalue weighted by Crippen LogP contribution is 2.25. The number of hydrogen-bond donors (Lipinski definition) is 2. The van der Waals surface area contributed by atoms with E-state index in [0.29, 0.717) is 5.56 Å². The maximum absolute atomic E-state index is 13.6. The Kier molecular flexibility index (Phi) is 8.93. The quantitative estimate of drug-likeness (QED) is 0.504. The number of carbonyl (C=O) groups excluding carboxylic acids is 1. The van der Waals surface area contributed by atoms with E-state index in [4.69, 9.17) is 9.47 Å². The fourth-order valence-electron chi connectivity index (χ4n) is 2.99. The van der Waals surface area contributed by atoms with E-state index < -0.39 is 15.9 Å². The predicted molar refractivity (Wildman–Crippen MR) is 115 cm³/mol. The molecule has 0 aromatic heterocycles. The highest BCUT2D eigenvalue weighted by Gasteiger charge is 2.22. The fraction of sp³-hybridized carbons (Fsp3) is 0.381. The number of methoxy groups -OCH3 is 2. The second-order valence-corrected chi connectivity index (χ2v) is 8.74. The third kappa shape index (κ3) is 6.73. The van der Waals surface area contributed by atoms with Crippen LogP contribution in [0.25, 0.3) is 0 Å². The summed E-state index contributed by atoms with van der Waals surface area (Å²) in [5, 5.41) is 2.79. The predicted octanol–water partition coefficient (Wildman–Crippen LogP) is 1.79. The summed E-state index contributed by atoms with van der Waals surface area (Å²) in [6, 6.07) is 10.1. The van der Waals surface area contributed by atoms with Crippen molar-refractivity contribution in [2.75, 3.05) is 48.0 Å². The second-order valence-electron chi connectivity index (χ2n) is 7.00. The number of benzene rings is 2. The molecule has 0 saturated heterocycles. The summed E-state index contributed by atoms with van der Waals surface area (Å²) >= 11 is 0. The van der Waals surface area contributed by atoms with Crippen LogP contribution in [-0.4, -0.2) is 67.2 Å². The Balaban J connectivity index is 2.21. The van der Waals surface area contributed by atoms with Crippen molar-refractivity contribution >= 4 is 15.9 Å². The molecule has 170 valence electrons. The molecule has 10 heteroatoms. The molecule has 8 nitrogen and oxygen atoms in total. The molecule has 0 aliphatic carbocycles. The number of rotatable bonds is 11. The van der Waals surface area contributed by atoms with Crippen LogP contribution < -0.4 is 14.8 Å². The van der Waals surface area contributed by atoms with E-state index in [1.54, 1.807) is 12.1 Å². The first-order valence-corrected chi connectivity index (χ1v) is 11.0. The van der Waals surface area contributed by atoms with Crippen molar-refractivity contribution in [1.82, 2.24) is 14.9 Å². The van der Waals surface area contributed by atoms with Crippen LogP contribution in [-0.2, 0) is 14.8 Å². The average molecular weight is 454 g/mol. The van der Waals surface area contributed by atoms with E-state index in [-0.39, 0.29) is 47.8 Å². The Morgan fingerprint density at radius 1 is 1.16 bits per heavy atom. The number of hydrogen-bond acceptors (Lipinski definition) is 6. The Morgan fingerprint density at radius 3 is 2.52 bits per heavy atom. The first-order chi connectivity index (χ1) is 14.7. The molecule has 2 N–H and O–H groups in total. The molecule has 2 aromatic carbocycles. The number of nitrogens with one attached hydrogen (secondary N) is 2. The van der Waals surface area contributed by atoms with Gasteiger partial charge in [0.05, 0.1) is 19.8 Å².